The average Bonchev–Trinajstić information content (AvgIpc) is 3.41. The van der Waals surface area contributed by atoms with Gasteiger partial charge in [-0.3, -0.25) is 14.4 Å². The summed E-state index contributed by atoms with van der Waals surface area (Å²) in [4.78, 5) is 53.0. The second kappa shape index (κ2) is 20.6. The molecule has 0 aromatic heterocycles. The van der Waals surface area contributed by atoms with E-state index in [-0.39, 0.29) is 60.8 Å². The van der Waals surface area contributed by atoms with Gasteiger partial charge >= 0.3 is 0 Å². The van der Waals surface area contributed by atoms with Crippen LogP contribution >= 0.6 is 0 Å². The lowest BCUT2D eigenvalue weighted by Gasteiger charge is -2.49. The molecule has 16 atom stereocenters. The van der Waals surface area contributed by atoms with Crippen LogP contribution in [0.2, 0.25) is 0 Å². The molecule has 2 aliphatic carbocycles. The Labute approximate surface area is 344 Å². The maximum Gasteiger partial charge on any atom is 0.202 e. The number of ketones is 3. The van der Waals surface area contributed by atoms with E-state index in [1.54, 1.807) is 28.3 Å². The normalized spacial score (nSPS) is 44.3. The first-order valence-corrected chi connectivity index (χ1v) is 21.5. The zero-order valence-corrected chi connectivity index (χ0v) is 35.8. The van der Waals surface area contributed by atoms with E-state index in [0.717, 1.165) is 11.1 Å². The molecule has 0 aromatic carbocycles. The quantitative estimate of drug-likeness (QED) is 0.213. The van der Waals surface area contributed by atoms with Crippen LogP contribution in [0.4, 0.5) is 0 Å². The zero-order valence-electron chi connectivity index (χ0n) is 35.8. The molecule has 13 heteroatoms. The Hall–Kier alpha value is -2.17. The largest absolute Gasteiger partial charge is 0.392 e. The number of carbonyl (C=O) groups is 3. The maximum atomic E-state index is 14.4. The van der Waals surface area contributed by atoms with Crippen LogP contribution in [0.25, 0.3) is 0 Å². The molecule has 5 rings (SSSR count). The van der Waals surface area contributed by atoms with E-state index in [0.29, 0.717) is 63.4 Å². The van der Waals surface area contributed by atoms with E-state index in [1.165, 1.54) is 6.92 Å². The third-order valence-corrected chi connectivity index (χ3v) is 13.7. The number of rotatable bonds is 6. The van der Waals surface area contributed by atoms with Crippen molar-refractivity contribution < 1.29 is 63.5 Å². The van der Waals surface area contributed by atoms with Crippen molar-refractivity contribution in [1.82, 2.24) is 0 Å². The van der Waals surface area contributed by atoms with Gasteiger partial charge in [0.15, 0.2) is 11.9 Å². The molecule has 0 radical (unpaired) electrons. The van der Waals surface area contributed by atoms with Gasteiger partial charge in [-0.2, -0.15) is 0 Å². The third-order valence-electron chi connectivity index (χ3n) is 13.7. The standard InChI is InChI=1S/C45H70O13/c1-24-13-25(2)15-39(54-7)43-40(55-8)16-26(3)45(52,57-43)44(51)41(50)32-11-10-31-18-30(19-32)23-56-58-42(34(31)20-29-9-12-35(47)38(21-29)53-6)28(5)36(48)22-37(49)33(14-24)17-27(4)46/h14,19-20,25-26,28-31,33,35-36,38-40,42-44,47-48,51-52H,9-13,15-18,21-23H2,1-8H3/b24-14+,34-20?. The maximum absolute atomic E-state index is 14.4. The van der Waals surface area contributed by atoms with E-state index < -0.39 is 72.1 Å². The van der Waals surface area contributed by atoms with Crippen molar-refractivity contribution >= 4 is 17.3 Å². The van der Waals surface area contributed by atoms with Crippen molar-refractivity contribution in [3.8, 4) is 0 Å². The minimum atomic E-state index is -2.23. The highest BCUT2D eigenvalue weighted by Crippen LogP contribution is 2.44. The molecule has 328 valence electrons. The Morgan fingerprint density at radius 3 is 2.26 bits per heavy atom. The lowest BCUT2D eigenvalue weighted by atomic mass is 9.75. The highest BCUT2D eigenvalue weighted by molar-refractivity contribution is 5.99. The van der Waals surface area contributed by atoms with Crippen molar-refractivity contribution in [2.75, 3.05) is 27.9 Å². The smallest absolute Gasteiger partial charge is 0.202 e. The van der Waals surface area contributed by atoms with Gasteiger partial charge in [0.25, 0.3) is 0 Å². The average molecular weight is 819 g/mol. The first kappa shape index (κ1) is 46.9. The Kier molecular flexibility index (Phi) is 16.7. The number of hydrogen-bond donors (Lipinski definition) is 4. The Morgan fingerprint density at radius 2 is 1.59 bits per heavy atom. The lowest BCUT2D eigenvalue weighted by molar-refractivity contribution is -0.344. The fourth-order valence-electron chi connectivity index (χ4n) is 10.2. The SMILES string of the molecule is COC1CC(C=C2C3CCC4=CC(COOC2C(C)C(O)CC(=O)C(CC(C)=O)/C=C(\C)CC(C)CC(OC)C2OC(O)(C(C)CC2OC)C(O)C4=O)C3)CCC1O. The van der Waals surface area contributed by atoms with Gasteiger partial charge in [-0.15, -0.1) is 0 Å². The van der Waals surface area contributed by atoms with Gasteiger partial charge in [0, 0.05) is 57.8 Å². The molecular weight excluding hydrogens is 748 g/mol. The second-order valence-electron chi connectivity index (χ2n) is 18.3. The van der Waals surface area contributed by atoms with E-state index in [9.17, 15) is 34.8 Å². The van der Waals surface area contributed by atoms with Crippen LogP contribution < -0.4 is 0 Å². The molecule has 0 amide bonds. The summed E-state index contributed by atoms with van der Waals surface area (Å²) in [6.45, 7) is 9.09. The molecule has 5 aliphatic rings. The summed E-state index contributed by atoms with van der Waals surface area (Å²) in [5.41, 5.74) is 2.15. The molecule has 0 spiro atoms. The molecule has 3 heterocycles. The van der Waals surface area contributed by atoms with Crippen molar-refractivity contribution in [2.45, 2.75) is 160 Å². The van der Waals surface area contributed by atoms with Gasteiger partial charge in [-0.1, -0.05) is 44.6 Å². The molecule has 0 aromatic rings. The number of fused-ring (bicyclic) bond motifs is 6. The predicted molar refractivity (Wildman–Crippen MR) is 214 cm³/mol. The zero-order chi connectivity index (χ0) is 42.5. The van der Waals surface area contributed by atoms with Crippen molar-refractivity contribution in [3.63, 3.8) is 0 Å². The van der Waals surface area contributed by atoms with Crippen LogP contribution in [-0.4, -0.2) is 120 Å². The number of methoxy groups -OCH3 is 3. The number of aliphatic hydroxyl groups excluding tert-OH is 3. The van der Waals surface area contributed by atoms with E-state index in [2.05, 4.69) is 6.08 Å². The van der Waals surface area contributed by atoms with Crippen LogP contribution in [0.5, 0.6) is 0 Å². The monoisotopic (exact) mass is 818 g/mol. The number of Topliss-reactive ketones (excluding diaryl/α,β-unsaturated/α-hetero) is 3. The summed E-state index contributed by atoms with van der Waals surface area (Å²) in [6.07, 6.45) is 3.65. The Balaban J connectivity index is 1.58. The summed E-state index contributed by atoms with van der Waals surface area (Å²) >= 11 is 0. The molecule has 16 unspecified atom stereocenters. The van der Waals surface area contributed by atoms with Crippen LogP contribution in [0.15, 0.2) is 34.9 Å². The molecule has 3 fully saturated rings. The summed E-state index contributed by atoms with van der Waals surface area (Å²) in [5, 5.41) is 46.4. The van der Waals surface area contributed by atoms with Gasteiger partial charge in [0.1, 0.15) is 23.8 Å². The predicted octanol–water partition coefficient (Wildman–Crippen LogP) is 4.76. The molecule has 13 nitrogen and oxygen atoms in total. The lowest BCUT2D eigenvalue weighted by Crippen LogP contribution is -2.63. The van der Waals surface area contributed by atoms with E-state index in [1.807, 2.05) is 32.9 Å². The summed E-state index contributed by atoms with van der Waals surface area (Å²) in [5.74, 6) is -5.62. The molecule has 1 saturated carbocycles. The van der Waals surface area contributed by atoms with Gasteiger partial charge in [0.05, 0.1) is 37.1 Å². The van der Waals surface area contributed by atoms with Gasteiger partial charge in [-0.25, -0.2) is 9.78 Å². The summed E-state index contributed by atoms with van der Waals surface area (Å²) in [6, 6.07) is 0. The summed E-state index contributed by atoms with van der Waals surface area (Å²) in [7, 11) is 4.71. The van der Waals surface area contributed by atoms with Crippen LogP contribution in [-0.2, 0) is 43.1 Å². The van der Waals surface area contributed by atoms with Crippen LogP contribution in [0.3, 0.4) is 0 Å². The number of allylic oxidation sites excluding steroid dienone is 3. The van der Waals surface area contributed by atoms with Crippen LogP contribution in [0, 0.1) is 41.4 Å². The van der Waals surface area contributed by atoms with E-state index >= 15 is 0 Å². The van der Waals surface area contributed by atoms with Gasteiger partial charge in [0.2, 0.25) is 5.79 Å². The van der Waals surface area contributed by atoms with Crippen molar-refractivity contribution in [2.24, 2.45) is 41.4 Å². The third kappa shape index (κ3) is 11.0. The molecular formula is C45H70O13. The second-order valence-corrected chi connectivity index (χ2v) is 18.3. The van der Waals surface area contributed by atoms with Gasteiger partial charge in [-0.05, 0) is 101 Å². The van der Waals surface area contributed by atoms with Crippen molar-refractivity contribution in [3.05, 3.63) is 34.9 Å². The minimum absolute atomic E-state index is 0.00445. The Morgan fingerprint density at radius 1 is 0.897 bits per heavy atom. The molecule has 58 heavy (non-hydrogen) atoms. The number of ether oxygens (including phenoxy) is 4. The van der Waals surface area contributed by atoms with Crippen LogP contribution in [0.1, 0.15) is 105 Å². The summed E-state index contributed by atoms with van der Waals surface area (Å²) < 4.78 is 23.9. The number of aliphatic hydroxyl groups is 4. The number of hydrogen-bond acceptors (Lipinski definition) is 13. The Bertz CT molecular complexity index is 1520. The first-order valence-electron chi connectivity index (χ1n) is 21.5. The minimum Gasteiger partial charge on any atom is -0.392 e. The van der Waals surface area contributed by atoms with Gasteiger partial charge < -0.3 is 39.4 Å². The van der Waals surface area contributed by atoms with Crippen molar-refractivity contribution in [1.29, 1.82) is 0 Å². The molecule has 2 saturated heterocycles. The fraction of sp³-hybridized carbons (Fsp3) is 0.800. The topological polar surface area (TPSA) is 188 Å². The molecule has 4 N–H and O–H groups in total. The first-order chi connectivity index (χ1) is 27.5. The highest BCUT2D eigenvalue weighted by atomic mass is 17.2. The fourth-order valence-corrected chi connectivity index (χ4v) is 10.2. The highest BCUT2D eigenvalue weighted by Gasteiger charge is 2.55. The molecule has 6 bridgehead atoms. The van der Waals surface area contributed by atoms with E-state index in [4.69, 9.17) is 28.7 Å². The molecule has 3 aliphatic heterocycles. The number of carbonyl (C=O) groups excluding carboxylic acids is 3.